The van der Waals surface area contributed by atoms with Crippen LogP contribution < -0.4 is 10.1 Å². The predicted octanol–water partition coefficient (Wildman–Crippen LogP) is 2.87. The molecule has 2 aliphatic rings. The molecule has 5 heteroatoms. The third kappa shape index (κ3) is 3.67. The van der Waals surface area contributed by atoms with Gasteiger partial charge in [0, 0.05) is 32.2 Å². The molecular formula is C18H25N3O2. The number of carbonyl (C=O) groups is 1. The summed E-state index contributed by atoms with van der Waals surface area (Å²) in [6.07, 6.45) is 6.53. The number of nitrogens with zero attached hydrogens (tertiary/aromatic N) is 2. The molecule has 2 heterocycles. The van der Waals surface area contributed by atoms with Crippen LogP contribution in [0.25, 0.3) is 0 Å². The third-order valence-electron chi connectivity index (χ3n) is 4.71. The van der Waals surface area contributed by atoms with E-state index >= 15 is 0 Å². The summed E-state index contributed by atoms with van der Waals surface area (Å²) in [4.78, 5) is 16.9. The van der Waals surface area contributed by atoms with E-state index in [4.69, 9.17) is 4.74 Å². The SMILES string of the molecule is COc1cc(C)ccc1NC(=O)N1CCC(N2CC=CC2)CC1. The molecule has 1 aromatic carbocycles. The van der Waals surface area contributed by atoms with Crippen LogP contribution in [0.1, 0.15) is 18.4 Å². The van der Waals surface area contributed by atoms with Crippen LogP contribution >= 0.6 is 0 Å². The first-order chi connectivity index (χ1) is 11.2. The topological polar surface area (TPSA) is 44.8 Å². The average Bonchev–Trinajstić information content (AvgIpc) is 3.11. The molecule has 1 saturated heterocycles. The number of aryl methyl sites for hydroxylation is 1. The highest BCUT2D eigenvalue weighted by atomic mass is 16.5. The maximum Gasteiger partial charge on any atom is 0.321 e. The summed E-state index contributed by atoms with van der Waals surface area (Å²) < 4.78 is 5.35. The number of piperidine rings is 1. The zero-order chi connectivity index (χ0) is 16.2. The molecule has 1 N–H and O–H groups in total. The molecule has 0 aliphatic carbocycles. The van der Waals surface area contributed by atoms with Gasteiger partial charge in [-0.05, 0) is 37.5 Å². The van der Waals surface area contributed by atoms with Crippen molar-refractivity contribution in [2.24, 2.45) is 0 Å². The number of benzene rings is 1. The monoisotopic (exact) mass is 315 g/mol. The first-order valence-corrected chi connectivity index (χ1v) is 8.27. The van der Waals surface area contributed by atoms with Crippen LogP contribution in [0, 0.1) is 6.92 Å². The van der Waals surface area contributed by atoms with E-state index in [1.165, 1.54) is 0 Å². The van der Waals surface area contributed by atoms with Crippen molar-refractivity contribution in [1.29, 1.82) is 0 Å². The van der Waals surface area contributed by atoms with Crippen molar-refractivity contribution in [3.05, 3.63) is 35.9 Å². The van der Waals surface area contributed by atoms with Crippen LogP contribution in [0.4, 0.5) is 10.5 Å². The van der Waals surface area contributed by atoms with Crippen LogP contribution in [-0.2, 0) is 0 Å². The van der Waals surface area contributed by atoms with E-state index in [2.05, 4.69) is 22.4 Å². The lowest BCUT2D eigenvalue weighted by molar-refractivity contribution is 0.144. The first-order valence-electron chi connectivity index (χ1n) is 8.27. The Hall–Kier alpha value is -2.01. The number of anilines is 1. The van der Waals surface area contributed by atoms with E-state index in [1.54, 1.807) is 7.11 Å². The van der Waals surface area contributed by atoms with Gasteiger partial charge < -0.3 is 15.0 Å². The molecule has 1 aromatic rings. The Kier molecular flexibility index (Phi) is 4.86. The summed E-state index contributed by atoms with van der Waals surface area (Å²) >= 11 is 0. The Labute approximate surface area is 137 Å². The van der Waals surface area contributed by atoms with Gasteiger partial charge in [-0.25, -0.2) is 4.79 Å². The lowest BCUT2D eigenvalue weighted by Gasteiger charge is -2.36. The molecule has 0 unspecified atom stereocenters. The molecule has 0 bridgehead atoms. The minimum absolute atomic E-state index is 0.0369. The van der Waals surface area contributed by atoms with E-state index in [0.29, 0.717) is 11.8 Å². The van der Waals surface area contributed by atoms with Crippen LogP contribution in [0.5, 0.6) is 5.75 Å². The standard InChI is InChI=1S/C18H25N3O2/c1-14-5-6-16(17(13-14)23-2)19-18(22)21-11-7-15(8-12-21)20-9-3-4-10-20/h3-6,13,15H,7-12H2,1-2H3,(H,19,22). The van der Waals surface area contributed by atoms with E-state index in [1.807, 2.05) is 30.0 Å². The van der Waals surface area contributed by atoms with Gasteiger partial charge in [-0.15, -0.1) is 0 Å². The molecule has 5 nitrogen and oxygen atoms in total. The van der Waals surface area contributed by atoms with Gasteiger partial charge in [-0.1, -0.05) is 18.2 Å². The number of carbonyl (C=O) groups excluding carboxylic acids is 1. The van der Waals surface area contributed by atoms with Gasteiger partial charge >= 0.3 is 6.03 Å². The number of ether oxygens (including phenoxy) is 1. The average molecular weight is 315 g/mol. The second-order valence-electron chi connectivity index (χ2n) is 6.28. The lowest BCUT2D eigenvalue weighted by Crippen LogP contribution is -2.47. The Morgan fingerprint density at radius 1 is 1.22 bits per heavy atom. The summed E-state index contributed by atoms with van der Waals surface area (Å²) in [7, 11) is 1.63. The molecule has 1 fully saturated rings. The lowest BCUT2D eigenvalue weighted by atomic mass is 10.0. The normalized spacial score (nSPS) is 19.1. The molecule has 124 valence electrons. The zero-order valence-corrected chi connectivity index (χ0v) is 13.9. The number of hydrogen-bond acceptors (Lipinski definition) is 3. The quantitative estimate of drug-likeness (QED) is 0.872. The van der Waals surface area contributed by atoms with Gasteiger partial charge in [0.25, 0.3) is 0 Å². The molecule has 2 aliphatic heterocycles. The summed E-state index contributed by atoms with van der Waals surface area (Å²) in [5.41, 5.74) is 1.84. The summed E-state index contributed by atoms with van der Waals surface area (Å²) in [5.74, 6) is 0.705. The minimum Gasteiger partial charge on any atom is -0.495 e. The Morgan fingerprint density at radius 2 is 1.91 bits per heavy atom. The molecule has 0 radical (unpaired) electrons. The van der Waals surface area contributed by atoms with E-state index in [9.17, 15) is 4.79 Å². The smallest absolute Gasteiger partial charge is 0.321 e. The molecule has 2 amide bonds. The van der Waals surface area contributed by atoms with E-state index in [-0.39, 0.29) is 6.03 Å². The van der Waals surface area contributed by atoms with Crippen molar-refractivity contribution in [2.75, 3.05) is 38.6 Å². The molecule has 0 saturated carbocycles. The maximum absolute atomic E-state index is 12.5. The number of nitrogens with one attached hydrogen (secondary N) is 1. The molecule has 0 atom stereocenters. The second-order valence-corrected chi connectivity index (χ2v) is 6.28. The van der Waals surface area contributed by atoms with Crippen molar-refractivity contribution in [3.63, 3.8) is 0 Å². The fourth-order valence-corrected chi connectivity index (χ4v) is 3.32. The summed E-state index contributed by atoms with van der Waals surface area (Å²) in [5, 5.41) is 2.98. The van der Waals surface area contributed by atoms with Gasteiger partial charge in [0.15, 0.2) is 0 Å². The molecule has 0 spiro atoms. The second kappa shape index (κ2) is 7.04. The van der Waals surface area contributed by atoms with Crippen LogP contribution in [0.2, 0.25) is 0 Å². The first kappa shape index (κ1) is 15.9. The summed E-state index contributed by atoms with van der Waals surface area (Å²) in [6, 6.07) is 6.37. The highest BCUT2D eigenvalue weighted by Gasteiger charge is 2.27. The van der Waals surface area contributed by atoms with Crippen molar-refractivity contribution < 1.29 is 9.53 Å². The van der Waals surface area contributed by atoms with Gasteiger partial charge in [-0.2, -0.15) is 0 Å². The molecule has 0 aromatic heterocycles. The predicted molar refractivity (Wildman–Crippen MR) is 92.1 cm³/mol. The minimum atomic E-state index is -0.0369. The van der Waals surface area contributed by atoms with Crippen molar-refractivity contribution in [1.82, 2.24) is 9.80 Å². The number of likely N-dealkylation sites (tertiary alicyclic amines) is 1. The Bertz CT molecular complexity index is 584. The number of hydrogen-bond donors (Lipinski definition) is 1. The van der Waals surface area contributed by atoms with Gasteiger partial charge in [0.05, 0.1) is 12.8 Å². The van der Waals surface area contributed by atoms with Gasteiger partial charge in [0.1, 0.15) is 5.75 Å². The van der Waals surface area contributed by atoms with Crippen molar-refractivity contribution in [3.8, 4) is 5.75 Å². The van der Waals surface area contributed by atoms with Crippen molar-refractivity contribution in [2.45, 2.75) is 25.8 Å². The number of urea groups is 1. The van der Waals surface area contributed by atoms with Crippen LogP contribution in [0.3, 0.4) is 0 Å². The fourth-order valence-electron chi connectivity index (χ4n) is 3.32. The summed E-state index contributed by atoms with van der Waals surface area (Å²) in [6.45, 7) is 5.73. The fraction of sp³-hybridized carbons (Fsp3) is 0.500. The largest absolute Gasteiger partial charge is 0.495 e. The molecular weight excluding hydrogens is 290 g/mol. The number of methoxy groups -OCH3 is 1. The van der Waals surface area contributed by atoms with Crippen LogP contribution in [0.15, 0.2) is 30.4 Å². The highest BCUT2D eigenvalue weighted by Crippen LogP contribution is 2.26. The number of amides is 2. The third-order valence-corrected chi connectivity index (χ3v) is 4.71. The van der Waals surface area contributed by atoms with Gasteiger partial charge in [-0.3, -0.25) is 4.90 Å². The van der Waals surface area contributed by atoms with E-state index in [0.717, 1.165) is 50.3 Å². The Balaban J connectivity index is 1.55. The van der Waals surface area contributed by atoms with Crippen molar-refractivity contribution >= 4 is 11.7 Å². The molecule has 3 rings (SSSR count). The highest BCUT2D eigenvalue weighted by molar-refractivity contribution is 5.91. The van der Waals surface area contributed by atoms with E-state index < -0.39 is 0 Å². The Morgan fingerprint density at radius 3 is 2.57 bits per heavy atom. The molecule has 23 heavy (non-hydrogen) atoms. The van der Waals surface area contributed by atoms with Gasteiger partial charge in [0.2, 0.25) is 0 Å². The van der Waals surface area contributed by atoms with Crippen LogP contribution in [-0.4, -0.2) is 55.2 Å². The zero-order valence-electron chi connectivity index (χ0n) is 13.9. The maximum atomic E-state index is 12.5. The number of rotatable bonds is 3.